The van der Waals surface area contributed by atoms with Crippen molar-refractivity contribution in [1.29, 1.82) is 0 Å². The Morgan fingerprint density at radius 3 is 2.73 bits per heavy atom. The molecule has 3 aromatic rings. The Balaban J connectivity index is 1.84. The van der Waals surface area contributed by atoms with Crippen molar-refractivity contribution < 1.29 is 0 Å². The van der Waals surface area contributed by atoms with Crippen molar-refractivity contribution in [2.24, 2.45) is 0 Å². The van der Waals surface area contributed by atoms with Gasteiger partial charge in [0.2, 0.25) is 0 Å². The van der Waals surface area contributed by atoms with Gasteiger partial charge in [-0.3, -0.25) is 0 Å². The molecule has 0 amide bonds. The zero-order valence-corrected chi connectivity index (χ0v) is 13.3. The first-order valence-corrected chi connectivity index (χ1v) is 8.13. The Kier molecular flexibility index (Phi) is 3.27. The average molecular weight is 290 g/mol. The van der Waals surface area contributed by atoms with Crippen molar-refractivity contribution in [3.05, 3.63) is 59.3 Å². The number of nitrogens with zero attached hydrogens (tertiary/aromatic N) is 1. The lowest BCUT2D eigenvalue weighted by Crippen LogP contribution is -2.17. The summed E-state index contributed by atoms with van der Waals surface area (Å²) in [5, 5.41) is 4.84. The topological polar surface area (TPSA) is 17.0 Å². The van der Waals surface area contributed by atoms with E-state index < -0.39 is 0 Å². The van der Waals surface area contributed by atoms with Crippen molar-refractivity contribution in [3.63, 3.8) is 0 Å². The number of benzene rings is 2. The fraction of sp³-hybridized carbons (Fsp3) is 0.300. The van der Waals surface area contributed by atoms with Gasteiger partial charge in [-0.15, -0.1) is 0 Å². The summed E-state index contributed by atoms with van der Waals surface area (Å²) in [6.45, 7) is 7.57. The molecule has 0 atom stereocenters. The lowest BCUT2D eigenvalue weighted by molar-refractivity contribution is 0.658. The summed E-state index contributed by atoms with van der Waals surface area (Å²) in [5.41, 5.74) is 8.17. The summed E-state index contributed by atoms with van der Waals surface area (Å²) >= 11 is 0. The third kappa shape index (κ3) is 2.24. The predicted octanol–water partition coefficient (Wildman–Crippen LogP) is 4.07. The molecule has 1 N–H and O–H groups in total. The number of fused-ring (bicyclic) bond motifs is 3. The van der Waals surface area contributed by atoms with Crippen molar-refractivity contribution in [2.75, 3.05) is 13.1 Å². The number of aryl methyl sites for hydroxylation is 2. The van der Waals surface area contributed by atoms with Crippen molar-refractivity contribution >= 4 is 10.9 Å². The Labute approximate surface area is 131 Å². The second kappa shape index (κ2) is 5.29. The summed E-state index contributed by atoms with van der Waals surface area (Å²) in [7, 11) is 0. The minimum absolute atomic E-state index is 1.07. The zero-order chi connectivity index (χ0) is 15.1. The van der Waals surface area contributed by atoms with Gasteiger partial charge in [-0.25, -0.2) is 0 Å². The van der Waals surface area contributed by atoms with Crippen LogP contribution in [-0.4, -0.2) is 17.7 Å². The second-order valence-corrected chi connectivity index (χ2v) is 6.38. The van der Waals surface area contributed by atoms with Gasteiger partial charge in [0.05, 0.1) is 0 Å². The number of aromatic nitrogens is 1. The van der Waals surface area contributed by atoms with E-state index in [1.54, 1.807) is 0 Å². The average Bonchev–Trinajstić information content (AvgIpc) is 2.68. The van der Waals surface area contributed by atoms with Crippen LogP contribution in [0.2, 0.25) is 0 Å². The fourth-order valence-electron chi connectivity index (χ4n) is 3.64. The van der Waals surface area contributed by atoms with E-state index in [4.69, 9.17) is 0 Å². The van der Waals surface area contributed by atoms with Crippen molar-refractivity contribution in [1.82, 2.24) is 9.88 Å². The van der Waals surface area contributed by atoms with Crippen LogP contribution in [0.15, 0.2) is 42.5 Å². The third-order valence-corrected chi connectivity index (χ3v) is 4.75. The lowest BCUT2D eigenvalue weighted by Gasteiger charge is -2.09. The monoisotopic (exact) mass is 290 g/mol. The van der Waals surface area contributed by atoms with Gasteiger partial charge in [-0.1, -0.05) is 29.8 Å². The molecule has 112 valence electrons. The summed E-state index contributed by atoms with van der Waals surface area (Å²) in [6.07, 6.45) is 1.12. The van der Waals surface area contributed by atoms with Crippen LogP contribution in [0.1, 0.15) is 16.8 Å². The molecule has 0 unspecified atom stereocenters. The Hall–Kier alpha value is -2.06. The molecule has 22 heavy (non-hydrogen) atoms. The highest BCUT2D eigenvalue weighted by Gasteiger charge is 2.12. The molecule has 0 fully saturated rings. The van der Waals surface area contributed by atoms with Crippen molar-refractivity contribution in [3.8, 4) is 11.1 Å². The first kappa shape index (κ1) is 13.6. The molecular formula is C20H22N2. The first-order valence-electron chi connectivity index (χ1n) is 8.13. The highest BCUT2D eigenvalue weighted by Crippen LogP contribution is 2.29. The van der Waals surface area contributed by atoms with Gasteiger partial charge in [0, 0.05) is 42.7 Å². The van der Waals surface area contributed by atoms with E-state index in [2.05, 4.69) is 66.2 Å². The SMILES string of the molecule is Cc1ccc(-c2ccc3c(c2)cc2n3CCNCC2)c(C)c1. The Bertz CT molecular complexity index is 842. The van der Waals surface area contributed by atoms with E-state index in [9.17, 15) is 0 Å². The molecule has 0 saturated carbocycles. The maximum atomic E-state index is 3.47. The molecule has 2 heteroatoms. The molecule has 1 aliphatic rings. The molecule has 1 aliphatic heterocycles. The van der Waals surface area contributed by atoms with Gasteiger partial charge in [0.15, 0.2) is 0 Å². The van der Waals surface area contributed by atoms with Crippen LogP contribution >= 0.6 is 0 Å². The quantitative estimate of drug-likeness (QED) is 0.715. The maximum Gasteiger partial charge on any atom is 0.0483 e. The number of nitrogens with one attached hydrogen (secondary N) is 1. The Morgan fingerprint density at radius 1 is 0.955 bits per heavy atom. The highest BCUT2D eigenvalue weighted by atomic mass is 15.0. The molecule has 2 nitrogen and oxygen atoms in total. The molecule has 0 spiro atoms. The summed E-state index contributed by atoms with van der Waals surface area (Å²) in [4.78, 5) is 0. The van der Waals surface area contributed by atoms with Gasteiger partial charge in [0.25, 0.3) is 0 Å². The van der Waals surface area contributed by atoms with E-state index in [0.717, 1.165) is 26.1 Å². The van der Waals surface area contributed by atoms with Crippen LogP contribution in [0.5, 0.6) is 0 Å². The first-order chi connectivity index (χ1) is 10.7. The van der Waals surface area contributed by atoms with Crippen LogP contribution in [0, 0.1) is 13.8 Å². The Morgan fingerprint density at radius 2 is 1.86 bits per heavy atom. The van der Waals surface area contributed by atoms with E-state index in [-0.39, 0.29) is 0 Å². The van der Waals surface area contributed by atoms with Gasteiger partial charge in [-0.05, 0) is 48.7 Å². The van der Waals surface area contributed by atoms with Gasteiger partial charge < -0.3 is 9.88 Å². The van der Waals surface area contributed by atoms with E-state index in [1.807, 2.05) is 0 Å². The molecule has 0 aliphatic carbocycles. The molecule has 0 saturated heterocycles. The van der Waals surface area contributed by atoms with Crippen LogP contribution in [-0.2, 0) is 13.0 Å². The smallest absolute Gasteiger partial charge is 0.0483 e. The molecule has 4 rings (SSSR count). The van der Waals surface area contributed by atoms with Crippen LogP contribution in [0.3, 0.4) is 0 Å². The molecular weight excluding hydrogens is 268 g/mol. The molecule has 2 heterocycles. The molecule has 2 aromatic carbocycles. The minimum Gasteiger partial charge on any atom is -0.343 e. The van der Waals surface area contributed by atoms with E-state index in [0.29, 0.717) is 0 Å². The standard InChI is InChI=1S/C20H22N2/c1-14-3-5-19(15(2)11-14)16-4-6-20-17(12-16)13-18-7-8-21-9-10-22(18)20/h3-6,11-13,21H,7-10H2,1-2H3. The van der Waals surface area contributed by atoms with Crippen LogP contribution in [0.4, 0.5) is 0 Å². The summed E-state index contributed by atoms with van der Waals surface area (Å²) in [5.74, 6) is 0. The molecule has 0 radical (unpaired) electrons. The molecule has 0 bridgehead atoms. The number of hydrogen-bond donors (Lipinski definition) is 1. The number of rotatable bonds is 1. The lowest BCUT2D eigenvalue weighted by atomic mass is 9.98. The number of hydrogen-bond acceptors (Lipinski definition) is 1. The molecule has 1 aromatic heterocycles. The maximum absolute atomic E-state index is 3.47. The zero-order valence-electron chi connectivity index (χ0n) is 13.3. The van der Waals surface area contributed by atoms with Crippen molar-refractivity contribution in [2.45, 2.75) is 26.8 Å². The van der Waals surface area contributed by atoms with Gasteiger partial charge >= 0.3 is 0 Å². The van der Waals surface area contributed by atoms with E-state index in [1.165, 1.54) is 38.9 Å². The summed E-state index contributed by atoms with van der Waals surface area (Å²) < 4.78 is 2.47. The second-order valence-electron chi connectivity index (χ2n) is 6.38. The summed E-state index contributed by atoms with van der Waals surface area (Å²) in [6, 6.07) is 16.0. The van der Waals surface area contributed by atoms with E-state index >= 15 is 0 Å². The largest absolute Gasteiger partial charge is 0.343 e. The normalized spacial score (nSPS) is 14.8. The minimum atomic E-state index is 1.07. The van der Waals surface area contributed by atoms with Gasteiger partial charge in [-0.2, -0.15) is 0 Å². The highest BCUT2D eigenvalue weighted by molar-refractivity contribution is 5.87. The van der Waals surface area contributed by atoms with Crippen LogP contribution in [0.25, 0.3) is 22.0 Å². The fourth-order valence-corrected chi connectivity index (χ4v) is 3.64. The van der Waals surface area contributed by atoms with Gasteiger partial charge in [0.1, 0.15) is 0 Å². The third-order valence-electron chi connectivity index (χ3n) is 4.75. The van der Waals surface area contributed by atoms with Crippen LogP contribution < -0.4 is 5.32 Å². The predicted molar refractivity (Wildman–Crippen MR) is 93.4 cm³/mol.